The molecule has 2 N–H and O–H groups in total. The summed E-state index contributed by atoms with van der Waals surface area (Å²) >= 11 is 7.94. The van der Waals surface area contributed by atoms with Crippen molar-refractivity contribution in [1.29, 1.82) is 0 Å². The average molecular weight is 669 g/mol. The third kappa shape index (κ3) is 6.49. The lowest BCUT2D eigenvalue weighted by Gasteiger charge is -2.26. The van der Waals surface area contributed by atoms with Gasteiger partial charge >= 0.3 is 0 Å². The van der Waals surface area contributed by atoms with E-state index in [1.165, 1.54) is 18.5 Å². The molecule has 0 aliphatic carbocycles. The summed E-state index contributed by atoms with van der Waals surface area (Å²) in [5, 5.41) is 3.88. The first-order valence-corrected chi connectivity index (χ1v) is 14.8. The fraction of sp³-hybridized carbons (Fsp3) is 0.240. The van der Waals surface area contributed by atoms with Gasteiger partial charge in [-0.15, -0.1) is 0 Å². The van der Waals surface area contributed by atoms with Crippen molar-refractivity contribution in [1.82, 2.24) is 19.9 Å². The standard InChI is InChI=1S/C25H23ClFIN6O3S/c26-20-13-18(2-3-21(20)27)32-25-19-11-16(1-4-22(19)30-15-31-25)17-12-23(24(28)29-14-17)33-38(35,36)10-7-34-5-8-37-9-6-34/h1-4,11-15,33H,5-10H2,(H,30,31,32). The van der Waals surface area contributed by atoms with Crippen molar-refractivity contribution in [3.05, 3.63) is 69.5 Å². The molecule has 0 saturated carbocycles. The molecular formula is C25H23ClFIN6O3S. The Morgan fingerprint density at radius 3 is 2.66 bits per heavy atom. The van der Waals surface area contributed by atoms with Gasteiger partial charge in [0.15, 0.2) is 0 Å². The van der Waals surface area contributed by atoms with E-state index >= 15 is 0 Å². The van der Waals surface area contributed by atoms with Crippen molar-refractivity contribution in [3.8, 4) is 11.1 Å². The smallest absolute Gasteiger partial charge is 0.234 e. The molecule has 0 bridgehead atoms. The van der Waals surface area contributed by atoms with E-state index < -0.39 is 15.8 Å². The number of ether oxygens (including phenoxy) is 1. The highest BCUT2D eigenvalue weighted by Gasteiger charge is 2.18. The van der Waals surface area contributed by atoms with Crippen molar-refractivity contribution < 1.29 is 17.5 Å². The van der Waals surface area contributed by atoms with E-state index in [0.29, 0.717) is 46.2 Å². The third-order valence-electron chi connectivity index (χ3n) is 6.04. The van der Waals surface area contributed by atoms with E-state index in [2.05, 4.69) is 29.9 Å². The summed E-state index contributed by atoms with van der Waals surface area (Å²) in [6, 6.07) is 11.7. The number of morpholine rings is 1. The summed E-state index contributed by atoms with van der Waals surface area (Å²) in [5.74, 6) is -0.0175. The number of nitrogens with one attached hydrogen (secondary N) is 2. The predicted octanol–water partition coefficient (Wildman–Crippen LogP) is 4.91. The molecule has 2 aromatic heterocycles. The molecule has 1 aliphatic rings. The van der Waals surface area contributed by atoms with Gasteiger partial charge in [-0.05, 0) is 64.6 Å². The second-order valence-corrected chi connectivity index (χ2v) is 11.9. The minimum absolute atomic E-state index is 0.000981. The van der Waals surface area contributed by atoms with Crippen LogP contribution in [0, 0.1) is 9.52 Å². The number of halogens is 3. The van der Waals surface area contributed by atoms with Crippen LogP contribution < -0.4 is 10.0 Å². The summed E-state index contributed by atoms with van der Waals surface area (Å²) in [6.45, 7) is 3.11. The van der Waals surface area contributed by atoms with E-state index in [0.717, 1.165) is 29.6 Å². The summed E-state index contributed by atoms with van der Waals surface area (Å²) in [4.78, 5) is 15.2. The molecule has 38 heavy (non-hydrogen) atoms. The summed E-state index contributed by atoms with van der Waals surface area (Å²) < 4.78 is 47.8. The molecule has 5 rings (SSSR count). The fourth-order valence-corrected chi connectivity index (χ4v) is 5.90. The molecule has 1 aliphatic heterocycles. The molecule has 13 heteroatoms. The number of benzene rings is 2. The van der Waals surface area contributed by atoms with E-state index in [-0.39, 0.29) is 10.8 Å². The molecule has 198 valence electrons. The SMILES string of the molecule is O=S(=O)(CCN1CCOCC1)Nc1cc(-c2ccc3ncnc(Nc4ccc(F)c(Cl)c4)c3c2)cnc1I. The predicted molar refractivity (Wildman–Crippen MR) is 155 cm³/mol. The molecule has 2 aromatic carbocycles. The van der Waals surface area contributed by atoms with E-state index in [1.54, 1.807) is 18.3 Å². The van der Waals surface area contributed by atoms with Gasteiger partial charge in [0.25, 0.3) is 0 Å². The van der Waals surface area contributed by atoms with Crippen LogP contribution in [0.25, 0.3) is 22.0 Å². The highest BCUT2D eigenvalue weighted by Crippen LogP contribution is 2.31. The number of aromatic nitrogens is 3. The molecular weight excluding hydrogens is 646 g/mol. The number of rotatable bonds is 8. The molecule has 9 nitrogen and oxygen atoms in total. The number of fused-ring (bicyclic) bond motifs is 1. The van der Waals surface area contributed by atoms with E-state index in [9.17, 15) is 12.8 Å². The maximum Gasteiger partial charge on any atom is 0.234 e. The number of hydrogen-bond donors (Lipinski definition) is 2. The van der Waals surface area contributed by atoms with Gasteiger partial charge in [-0.1, -0.05) is 17.7 Å². The van der Waals surface area contributed by atoms with E-state index in [4.69, 9.17) is 16.3 Å². The first-order valence-electron chi connectivity index (χ1n) is 11.7. The summed E-state index contributed by atoms with van der Waals surface area (Å²) in [6.07, 6.45) is 3.12. The Labute approximate surface area is 238 Å². The highest BCUT2D eigenvalue weighted by atomic mass is 127. The van der Waals surface area contributed by atoms with Crippen LogP contribution in [0.5, 0.6) is 0 Å². The van der Waals surface area contributed by atoms with E-state index in [1.807, 2.05) is 40.8 Å². The normalized spacial score (nSPS) is 14.5. The fourth-order valence-electron chi connectivity index (χ4n) is 4.02. The number of nitrogens with zero attached hydrogens (tertiary/aromatic N) is 4. The molecule has 3 heterocycles. The molecule has 0 unspecified atom stereocenters. The lowest BCUT2D eigenvalue weighted by molar-refractivity contribution is 0.0408. The zero-order valence-electron chi connectivity index (χ0n) is 20.0. The van der Waals surface area contributed by atoms with Crippen molar-refractivity contribution >= 4 is 72.3 Å². The Kier molecular flexibility index (Phi) is 8.23. The van der Waals surface area contributed by atoms with Gasteiger partial charge in [0.1, 0.15) is 21.7 Å². The Hall–Kier alpha value is -2.65. The first kappa shape index (κ1) is 26.9. The average Bonchev–Trinajstić information content (AvgIpc) is 2.91. The number of anilines is 3. The Bertz CT molecular complexity index is 1590. The molecule has 1 saturated heterocycles. The summed E-state index contributed by atoms with van der Waals surface area (Å²) in [7, 11) is -3.58. The van der Waals surface area contributed by atoms with Gasteiger partial charge in [0, 0.05) is 42.5 Å². The highest BCUT2D eigenvalue weighted by molar-refractivity contribution is 14.1. The zero-order chi connectivity index (χ0) is 26.7. The Morgan fingerprint density at radius 2 is 1.87 bits per heavy atom. The number of sulfonamides is 1. The van der Waals surface area contributed by atoms with Gasteiger partial charge in [-0.3, -0.25) is 9.62 Å². The molecule has 0 spiro atoms. The quantitative estimate of drug-likeness (QED) is 0.202. The van der Waals surface area contributed by atoms with Gasteiger partial charge in [0.05, 0.1) is 35.2 Å². The number of pyridine rings is 1. The lowest BCUT2D eigenvalue weighted by atomic mass is 10.0. The van der Waals surface area contributed by atoms with Gasteiger partial charge in [0.2, 0.25) is 10.0 Å². The minimum Gasteiger partial charge on any atom is -0.379 e. The van der Waals surface area contributed by atoms with Gasteiger partial charge in [-0.25, -0.2) is 27.8 Å². The van der Waals surface area contributed by atoms with Crippen LogP contribution >= 0.6 is 34.2 Å². The van der Waals surface area contributed by atoms with Crippen LogP contribution in [0.1, 0.15) is 0 Å². The largest absolute Gasteiger partial charge is 0.379 e. The second kappa shape index (κ2) is 11.6. The molecule has 0 atom stereocenters. The van der Waals surface area contributed by atoms with Crippen molar-refractivity contribution in [2.24, 2.45) is 0 Å². The molecule has 0 amide bonds. The molecule has 1 fully saturated rings. The van der Waals surface area contributed by atoms with Crippen LogP contribution in [-0.4, -0.2) is 66.9 Å². The Balaban J connectivity index is 1.40. The maximum atomic E-state index is 13.6. The van der Waals surface area contributed by atoms with Crippen LogP contribution in [-0.2, 0) is 14.8 Å². The van der Waals surface area contributed by atoms with Crippen molar-refractivity contribution in [2.45, 2.75) is 0 Å². The monoisotopic (exact) mass is 668 g/mol. The minimum atomic E-state index is -3.58. The molecule has 4 aromatic rings. The van der Waals surface area contributed by atoms with Gasteiger partial charge < -0.3 is 10.1 Å². The van der Waals surface area contributed by atoms with Crippen molar-refractivity contribution in [3.63, 3.8) is 0 Å². The second-order valence-electron chi connectivity index (χ2n) is 8.65. The van der Waals surface area contributed by atoms with Gasteiger partial charge in [-0.2, -0.15) is 0 Å². The van der Waals surface area contributed by atoms with Crippen molar-refractivity contribution in [2.75, 3.05) is 48.6 Å². The third-order valence-corrected chi connectivity index (χ3v) is 8.44. The lowest BCUT2D eigenvalue weighted by Crippen LogP contribution is -2.39. The van der Waals surface area contributed by atoms with Crippen LogP contribution in [0.2, 0.25) is 5.02 Å². The number of hydrogen-bond acceptors (Lipinski definition) is 8. The summed E-state index contributed by atoms with van der Waals surface area (Å²) in [5.41, 5.74) is 3.20. The van der Waals surface area contributed by atoms with Crippen LogP contribution in [0.3, 0.4) is 0 Å². The first-order chi connectivity index (χ1) is 18.3. The van der Waals surface area contributed by atoms with Crippen LogP contribution in [0.4, 0.5) is 21.6 Å². The topological polar surface area (TPSA) is 109 Å². The maximum absolute atomic E-state index is 13.6. The molecule has 0 radical (unpaired) electrons. The Morgan fingerprint density at radius 1 is 1.05 bits per heavy atom. The zero-order valence-corrected chi connectivity index (χ0v) is 23.7. The van der Waals surface area contributed by atoms with Crippen LogP contribution in [0.15, 0.2) is 55.0 Å².